The van der Waals surface area contributed by atoms with Crippen molar-refractivity contribution in [2.45, 2.75) is 0 Å². The lowest BCUT2D eigenvalue weighted by molar-refractivity contribution is 1.16. The number of hydrogen-bond donors (Lipinski definition) is 1. The normalized spacial score (nSPS) is 10.6. The average Bonchev–Trinajstić information content (AvgIpc) is 3.12. The lowest BCUT2D eigenvalue weighted by Gasteiger charge is -2.04. The lowest BCUT2D eigenvalue weighted by Crippen LogP contribution is -1.97. The number of hydrogen-bond acceptors (Lipinski definition) is 5. The van der Waals surface area contributed by atoms with E-state index in [1.165, 1.54) is 11.3 Å². The van der Waals surface area contributed by atoms with Gasteiger partial charge in [-0.25, -0.2) is 15.0 Å². The zero-order valence-corrected chi connectivity index (χ0v) is 15.5. The van der Waals surface area contributed by atoms with Gasteiger partial charge in [0.25, 0.3) is 0 Å². The van der Waals surface area contributed by atoms with Crippen molar-refractivity contribution >= 4 is 38.3 Å². The quantitative estimate of drug-likeness (QED) is 0.465. The first kappa shape index (κ1) is 15.9. The number of anilines is 2. The maximum absolute atomic E-state index is 4.61. The van der Waals surface area contributed by atoms with Gasteiger partial charge in [-0.05, 0) is 18.2 Å². The minimum absolute atomic E-state index is 0.536. The Bertz CT molecular complexity index is 984. The molecule has 2 aromatic carbocycles. The van der Waals surface area contributed by atoms with Crippen molar-refractivity contribution in [1.29, 1.82) is 0 Å². The number of rotatable bonds is 4. The fraction of sp³-hybridized carbons (Fsp3) is 0. The van der Waals surface area contributed by atoms with Crippen LogP contribution in [-0.2, 0) is 0 Å². The summed E-state index contributed by atoms with van der Waals surface area (Å²) in [5, 5.41) is 5.99. The summed E-state index contributed by atoms with van der Waals surface area (Å²) in [5.41, 5.74) is 3.94. The Labute approximate surface area is 157 Å². The molecular weight excluding hydrogens is 396 g/mol. The number of thiazole rings is 1. The highest BCUT2D eigenvalue weighted by molar-refractivity contribution is 9.10. The third-order valence-corrected chi connectivity index (χ3v) is 4.87. The summed E-state index contributed by atoms with van der Waals surface area (Å²) >= 11 is 4.98. The molecule has 1 N–H and O–H groups in total. The largest absolute Gasteiger partial charge is 0.300 e. The first-order chi connectivity index (χ1) is 12.3. The molecule has 0 saturated carbocycles. The molecule has 6 heteroatoms. The summed E-state index contributed by atoms with van der Waals surface area (Å²) in [5.74, 6) is 0.536. The summed E-state index contributed by atoms with van der Waals surface area (Å²) in [6.07, 6.45) is 1.75. The Morgan fingerprint density at radius 2 is 1.56 bits per heavy atom. The maximum atomic E-state index is 4.61. The van der Waals surface area contributed by atoms with Crippen molar-refractivity contribution in [1.82, 2.24) is 15.0 Å². The van der Waals surface area contributed by atoms with E-state index in [9.17, 15) is 0 Å². The summed E-state index contributed by atoms with van der Waals surface area (Å²) in [6.45, 7) is 0. The smallest absolute Gasteiger partial charge is 0.229 e. The zero-order valence-electron chi connectivity index (χ0n) is 13.1. The van der Waals surface area contributed by atoms with Crippen LogP contribution in [0.5, 0.6) is 0 Å². The first-order valence-electron chi connectivity index (χ1n) is 7.65. The van der Waals surface area contributed by atoms with Gasteiger partial charge in [0.15, 0.2) is 5.13 Å². The summed E-state index contributed by atoms with van der Waals surface area (Å²) in [7, 11) is 0. The molecule has 0 spiro atoms. The number of benzene rings is 2. The molecule has 0 fully saturated rings. The molecule has 25 heavy (non-hydrogen) atoms. The van der Waals surface area contributed by atoms with E-state index in [0.29, 0.717) is 5.95 Å². The monoisotopic (exact) mass is 408 g/mol. The summed E-state index contributed by atoms with van der Waals surface area (Å²) < 4.78 is 1.04. The first-order valence-corrected chi connectivity index (χ1v) is 9.32. The van der Waals surface area contributed by atoms with Gasteiger partial charge >= 0.3 is 0 Å². The molecule has 4 rings (SSSR count). The Kier molecular flexibility index (Phi) is 4.54. The van der Waals surface area contributed by atoms with Gasteiger partial charge in [0.1, 0.15) is 0 Å². The Morgan fingerprint density at radius 1 is 0.800 bits per heavy atom. The van der Waals surface area contributed by atoms with E-state index in [0.717, 1.165) is 32.1 Å². The van der Waals surface area contributed by atoms with E-state index in [2.05, 4.69) is 36.2 Å². The third kappa shape index (κ3) is 3.75. The molecule has 0 saturated heterocycles. The molecule has 0 aliphatic carbocycles. The molecule has 2 aromatic heterocycles. The van der Waals surface area contributed by atoms with E-state index < -0.39 is 0 Å². The van der Waals surface area contributed by atoms with E-state index >= 15 is 0 Å². The molecule has 0 bridgehead atoms. The molecule has 4 nitrogen and oxygen atoms in total. The minimum atomic E-state index is 0.536. The Hall–Kier alpha value is -2.57. The molecular formula is C19H13BrN4S. The van der Waals surface area contributed by atoms with Crippen LogP contribution < -0.4 is 5.32 Å². The number of aromatic nitrogens is 3. The molecule has 0 radical (unpaired) electrons. The second kappa shape index (κ2) is 7.13. The highest BCUT2D eigenvalue weighted by Crippen LogP contribution is 2.27. The number of halogens is 1. The van der Waals surface area contributed by atoms with E-state index in [4.69, 9.17) is 0 Å². The SMILES string of the molecule is Brc1ccc(-c2ccnc(Nc3nc(-c4ccccc4)cs3)n2)cc1. The van der Waals surface area contributed by atoms with Crippen LogP contribution in [0.2, 0.25) is 0 Å². The van der Waals surface area contributed by atoms with Crippen LogP contribution in [-0.4, -0.2) is 15.0 Å². The van der Waals surface area contributed by atoms with Crippen molar-refractivity contribution in [3.63, 3.8) is 0 Å². The Morgan fingerprint density at radius 3 is 2.36 bits per heavy atom. The summed E-state index contributed by atoms with van der Waals surface area (Å²) in [4.78, 5) is 13.5. The van der Waals surface area contributed by atoms with Crippen molar-refractivity contribution in [3.8, 4) is 22.5 Å². The van der Waals surface area contributed by atoms with Gasteiger partial charge < -0.3 is 5.32 Å². The predicted octanol–water partition coefficient (Wildman–Crippen LogP) is 5.77. The minimum Gasteiger partial charge on any atom is -0.300 e. The molecule has 2 heterocycles. The fourth-order valence-corrected chi connectivity index (χ4v) is 3.35. The summed E-state index contributed by atoms with van der Waals surface area (Å²) in [6, 6.07) is 20.0. The second-order valence-electron chi connectivity index (χ2n) is 5.30. The molecule has 0 aliphatic heterocycles. The van der Waals surface area contributed by atoms with Crippen LogP contribution in [0.15, 0.2) is 76.7 Å². The number of nitrogens with zero attached hydrogens (tertiary/aromatic N) is 3. The van der Waals surface area contributed by atoms with Gasteiger partial charge in [-0.3, -0.25) is 0 Å². The highest BCUT2D eigenvalue weighted by Gasteiger charge is 2.07. The van der Waals surface area contributed by atoms with Gasteiger partial charge in [0, 0.05) is 27.2 Å². The fourth-order valence-electron chi connectivity index (χ4n) is 2.37. The third-order valence-electron chi connectivity index (χ3n) is 3.59. The van der Waals surface area contributed by atoms with E-state index in [1.807, 2.05) is 66.0 Å². The molecule has 4 aromatic rings. The second-order valence-corrected chi connectivity index (χ2v) is 7.08. The van der Waals surface area contributed by atoms with Crippen molar-refractivity contribution in [2.75, 3.05) is 5.32 Å². The topological polar surface area (TPSA) is 50.7 Å². The molecule has 0 unspecified atom stereocenters. The van der Waals surface area contributed by atoms with Crippen molar-refractivity contribution in [2.24, 2.45) is 0 Å². The van der Waals surface area contributed by atoms with Crippen LogP contribution in [0.3, 0.4) is 0 Å². The van der Waals surface area contributed by atoms with Crippen LogP contribution >= 0.6 is 27.3 Å². The van der Waals surface area contributed by atoms with Crippen LogP contribution in [0.1, 0.15) is 0 Å². The van der Waals surface area contributed by atoms with Crippen molar-refractivity contribution < 1.29 is 0 Å². The zero-order chi connectivity index (χ0) is 17.1. The Balaban J connectivity index is 1.56. The molecule has 0 aliphatic rings. The standard InChI is InChI=1S/C19H13BrN4S/c20-15-8-6-14(7-9-15)16-10-11-21-18(22-16)24-19-23-17(12-25-19)13-4-2-1-3-5-13/h1-12H,(H,21,22,23,24). The maximum Gasteiger partial charge on any atom is 0.229 e. The van der Waals surface area contributed by atoms with Gasteiger partial charge in [-0.1, -0.05) is 58.4 Å². The molecule has 0 amide bonds. The van der Waals surface area contributed by atoms with Gasteiger partial charge in [-0.2, -0.15) is 0 Å². The molecule has 0 atom stereocenters. The van der Waals surface area contributed by atoms with Gasteiger partial charge in [-0.15, -0.1) is 11.3 Å². The highest BCUT2D eigenvalue weighted by atomic mass is 79.9. The van der Waals surface area contributed by atoms with Crippen LogP contribution in [0, 0.1) is 0 Å². The van der Waals surface area contributed by atoms with Gasteiger partial charge in [0.2, 0.25) is 5.95 Å². The lowest BCUT2D eigenvalue weighted by atomic mass is 10.1. The van der Waals surface area contributed by atoms with Crippen molar-refractivity contribution in [3.05, 3.63) is 76.7 Å². The van der Waals surface area contributed by atoms with Crippen LogP contribution in [0.4, 0.5) is 11.1 Å². The predicted molar refractivity (Wildman–Crippen MR) is 106 cm³/mol. The van der Waals surface area contributed by atoms with E-state index in [1.54, 1.807) is 6.20 Å². The molecule has 122 valence electrons. The average molecular weight is 409 g/mol. The van der Waals surface area contributed by atoms with Gasteiger partial charge in [0.05, 0.1) is 11.4 Å². The van der Waals surface area contributed by atoms with E-state index in [-0.39, 0.29) is 0 Å². The number of nitrogens with one attached hydrogen (secondary N) is 1. The van der Waals surface area contributed by atoms with Crippen LogP contribution in [0.25, 0.3) is 22.5 Å².